The Morgan fingerprint density at radius 3 is 2.60 bits per heavy atom. The van der Waals surface area contributed by atoms with E-state index in [0.29, 0.717) is 13.0 Å². The van der Waals surface area contributed by atoms with Gasteiger partial charge in [-0.05, 0) is 24.9 Å². The van der Waals surface area contributed by atoms with E-state index in [9.17, 15) is 18.0 Å². The molecule has 1 fully saturated rings. The van der Waals surface area contributed by atoms with Gasteiger partial charge >= 0.3 is 6.18 Å². The smallest absolute Gasteiger partial charge is 0.298 e. The lowest BCUT2D eigenvalue weighted by molar-refractivity contribution is -0.187. The minimum Gasteiger partial charge on any atom is -0.298 e. The zero-order valence-corrected chi connectivity index (χ0v) is 11.2. The fourth-order valence-corrected chi connectivity index (χ4v) is 2.60. The van der Waals surface area contributed by atoms with Gasteiger partial charge in [0.2, 0.25) is 0 Å². The second-order valence-electron chi connectivity index (χ2n) is 5.32. The van der Waals surface area contributed by atoms with E-state index in [0.717, 1.165) is 5.56 Å². The maximum atomic E-state index is 12.7. The Labute approximate surface area is 116 Å². The van der Waals surface area contributed by atoms with E-state index in [-0.39, 0.29) is 31.7 Å². The van der Waals surface area contributed by atoms with Crippen LogP contribution in [0.25, 0.3) is 0 Å². The number of ketones is 1. The third kappa shape index (κ3) is 4.34. The molecule has 0 N–H and O–H groups in total. The van der Waals surface area contributed by atoms with Gasteiger partial charge < -0.3 is 0 Å². The van der Waals surface area contributed by atoms with E-state index < -0.39 is 12.1 Å². The van der Waals surface area contributed by atoms with Crippen LogP contribution in [0.1, 0.15) is 18.4 Å². The molecule has 0 amide bonds. The summed E-state index contributed by atoms with van der Waals surface area (Å²) in [5.74, 6) is -1.32. The van der Waals surface area contributed by atoms with Gasteiger partial charge in [0.25, 0.3) is 0 Å². The molecule has 1 aromatic carbocycles. The highest BCUT2D eigenvalue weighted by atomic mass is 19.4. The first-order chi connectivity index (χ1) is 9.45. The first-order valence-corrected chi connectivity index (χ1v) is 6.80. The molecule has 110 valence electrons. The zero-order chi connectivity index (χ0) is 14.6. The van der Waals surface area contributed by atoms with Crippen LogP contribution < -0.4 is 0 Å². The molecule has 1 saturated heterocycles. The van der Waals surface area contributed by atoms with Gasteiger partial charge in [-0.15, -0.1) is 0 Å². The summed E-state index contributed by atoms with van der Waals surface area (Å²) in [5, 5.41) is 0. The molecular weight excluding hydrogens is 267 g/mol. The number of likely N-dealkylation sites (tertiary alicyclic amines) is 1. The molecule has 0 aromatic heterocycles. The lowest BCUT2D eigenvalue weighted by Gasteiger charge is -2.33. The van der Waals surface area contributed by atoms with E-state index in [1.54, 1.807) is 4.90 Å². The lowest BCUT2D eigenvalue weighted by Crippen LogP contribution is -2.43. The molecule has 2 rings (SSSR count). The molecule has 1 aromatic rings. The number of carbonyl (C=O) groups excluding carboxylic acids is 1. The van der Waals surface area contributed by atoms with Crippen LogP contribution in [0.2, 0.25) is 0 Å². The number of Topliss-reactive ketones (excluding diaryl/α,β-unsaturated/α-hetero) is 1. The van der Waals surface area contributed by atoms with Gasteiger partial charge in [-0.3, -0.25) is 9.69 Å². The van der Waals surface area contributed by atoms with Crippen molar-refractivity contribution >= 4 is 5.78 Å². The van der Waals surface area contributed by atoms with Crippen LogP contribution in [0, 0.1) is 5.92 Å². The summed E-state index contributed by atoms with van der Waals surface area (Å²) in [6, 6.07) is 9.28. The van der Waals surface area contributed by atoms with Crippen LogP contribution >= 0.6 is 0 Å². The first-order valence-electron chi connectivity index (χ1n) is 6.80. The minimum atomic E-state index is -4.15. The van der Waals surface area contributed by atoms with Crippen molar-refractivity contribution in [3.8, 4) is 0 Å². The number of piperidine rings is 1. The van der Waals surface area contributed by atoms with Crippen molar-refractivity contribution in [3.63, 3.8) is 0 Å². The fraction of sp³-hybridized carbons (Fsp3) is 0.533. The lowest BCUT2D eigenvalue weighted by atomic mass is 9.97. The Bertz CT molecular complexity index is 444. The molecule has 5 heteroatoms. The fourth-order valence-electron chi connectivity index (χ4n) is 2.60. The Kier molecular flexibility index (Phi) is 4.81. The standard InChI is InChI=1S/C15H18F3NO/c16-15(17,18)13-7-4-8-19(10-13)11-14(20)9-12-5-2-1-3-6-12/h1-3,5-6,13H,4,7-11H2. The summed E-state index contributed by atoms with van der Waals surface area (Å²) in [7, 11) is 0. The van der Waals surface area contributed by atoms with Crippen LogP contribution in [0.4, 0.5) is 13.2 Å². The highest BCUT2D eigenvalue weighted by Crippen LogP contribution is 2.32. The van der Waals surface area contributed by atoms with Crippen molar-refractivity contribution in [2.75, 3.05) is 19.6 Å². The SMILES string of the molecule is O=C(Cc1ccccc1)CN1CCCC(C(F)(F)F)C1. The molecule has 1 atom stereocenters. The number of nitrogens with zero attached hydrogens (tertiary/aromatic N) is 1. The molecule has 0 aliphatic carbocycles. The quantitative estimate of drug-likeness (QED) is 0.847. The highest BCUT2D eigenvalue weighted by Gasteiger charge is 2.41. The Morgan fingerprint density at radius 1 is 1.25 bits per heavy atom. The van der Waals surface area contributed by atoms with E-state index in [1.807, 2.05) is 30.3 Å². The predicted molar refractivity (Wildman–Crippen MR) is 70.4 cm³/mol. The summed E-state index contributed by atoms with van der Waals surface area (Å²) in [6.45, 7) is 0.638. The van der Waals surface area contributed by atoms with Crippen molar-refractivity contribution in [2.24, 2.45) is 5.92 Å². The summed E-state index contributed by atoms with van der Waals surface area (Å²) in [6.07, 6.45) is -3.19. The molecule has 0 radical (unpaired) electrons. The Hall–Kier alpha value is -1.36. The maximum absolute atomic E-state index is 12.7. The summed E-state index contributed by atoms with van der Waals surface area (Å²) in [4.78, 5) is 13.5. The van der Waals surface area contributed by atoms with Crippen molar-refractivity contribution in [2.45, 2.75) is 25.4 Å². The van der Waals surface area contributed by atoms with Crippen molar-refractivity contribution in [1.29, 1.82) is 0 Å². The molecule has 1 heterocycles. The third-order valence-electron chi connectivity index (χ3n) is 3.61. The minimum absolute atomic E-state index is 0.0287. The molecule has 20 heavy (non-hydrogen) atoms. The van der Waals surface area contributed by atoms with E-state index in [2.05, 4.69) is 0 Å². The molecule has 0 saturated carbocycles. The van der Waals surface area contributed by atoms with Crippen LogP contribution in [0.5, 0.6) is 0 Å². The number of carbonyl (C=O) groups is 1. The summed E-state index contributed by atoms with van der Waals surface area (Å²) < 4.78 is 38.1. The first kappa shape index (κ1) is 15.0. The average molecular weight is 285 g/mol. The van der Waals surface area contributed by atoms with Crippen LogP contribution in [0.3, 0.4) is 0 Å². The monoisotopic (exact) mass is 285 g/mol. The van der Waals surface area contributed by atoms with Gasteiger partial charge in [-0.1, -0.05) is 30.3 Å². The van der Waals surface area contributed by atoms with Gasteiger partial charge in [-0.25, -0.2) is 0 Å². The van der Waals surface area contributed by atoms with E-state index in [4.69, 9.17) is 0 Å². The molecule has 1 aliphatic rings. The molecular formula is C15H18F3NO. The number of hydrogen-bond acceptors (Lipinski definition) is 2. The number of benzene rings is 1. The maximum Gasteiger partial charge on any atom is 0.393 e. The second-order valence-corrected chi connectivity index (χ2v) is 5.32. The topological polar surface area (TPSA) is 20.3 Å². The Balaban J connectivity index is 1.85. The number of alkyl halides is 3. The second kappa shape index (κ2) is 6.39. The average Bonchev–Trinajstić information content (AvgIpc) is 2.39. The highest BCUT2D eigenvalue weighted by molar-refractivity contribution is 5.82. The third-order valence-corrected chi connectivity index (χ3v) is 3.61. The molecule has 1 unspecified atom stereocenters. The predicted octanol–water partition coefficient (Wildman–Crippen LogP) is 3.07. The van der Waals surface area contributed by atoms with Crippen molar-refractivity contribution in [1.82, 2.24) is 4.90 Å². The van der Waals surface area contributed by atoms with E-state index in [1.165, 1.54) is 0 Å². The molecule has 0 spiro atoms. The van der Waals surface area contributed by atoms with Crippen LogP contribution in [-0.2, 0) is 11.2 Å². The van der Waals surface area contributed by atoms with Crippen molar-refractivity contribution < 1.29 is 18.0 Å². The number of halogens is 3. The molecule has 2 nitrogen and oxygen atoms in total. The zero-order valence-electron chi connectivity index (χ0n) is 11.2. The molecule has 1 aliphatic heterocycles. The number of hydrogen-bond donors (Lipinski definition) is 0. The van der Waals surface area contributed by atoms with Gasteiger partial charge in [0, 0.05) is 13.0 Å². The van der Waals surface area contributed by atoms with E-state index >= 15 is 0 Å². The Morgan fingerprint density at radius 2 is 1.95 bits per heavy atom. The largest absolute Gasteiger partial charge is 0.393 e. The summed E-state index contributed by atoms with van der Waals surface area (Å²) in [5.41, 5.74) is 0.905. The summed E-state index contributed by atoms with van der Waals surface area (Å²) >= 11 is 0. The van der Waals surface area contributed by atoms with Gasteiger partial charge in [0.05, 0.1) is 12.5 Å². The molecule has 0 bridgehead atoms. The van der Waals surface area contributed by atoms with Crippen LogP contribution in [0.15, 0.2) is 30.3 Å². The van der Waals surface area contributed by atoms with Crippen molar-refractivity contribution in [3.05, 3.63) is 35.9 Å². The van der Waals surface area contributed by atoms with Crippen LogP contribution in [-0.4, -0.2) is 36.5 Å². The van der Waals surface area contributed by atoms with Gasteiger partial charge in [0.1, 0.15) is 0 Å². The normalized spacial score (nSPS) is 20.9. The van der Waals surface area contributed by atoms with Gasteiger partial charge in [-0.2, -0.15) is 13.2 Å². The number of rotatable bonds is 4. The van der Waals surface area contributed by atoms with Gasteiger partial charge in [0.15, 0.2) is 5.78 Å².